The van der Waals surface area contributed by atoms with Crippen LogP contribution in [0.25, 0.3) is 0 Å². The number of likely N-dealkylation sites (tertiary alicyclic amines) is 1. The highest BCUT2D eigenvalue weighted by atomic mass is 16.2. The number of hydrogen-bond acceptors (Lipinski definition) is 2. The lowest BCUT2D eigenvalue weighted by atomic mass is 9.93. The number of hydrogen-bond donors (Lipinski definition) is 1. The van der Waals surface area contributed by atoms with Crippen molar-refractivity contribution in [2.24, 2.45) is 5.73 Å². The molecule has 0 bridgehead atoms. The number of rotatable bonds is 3. The van der Waals surface area contributed by atoms with Crippen molar-refractivity contribution in [2.45, 2.75) is 37.1 Å². The minimum Gasteiger partial charge on any atom is -0.340 e. The molecule has 2 aromatic rings. The Morgan fingerprint density at radius 1 is 1.08 bits per heavy atom. The van der Waals surface area contributed by atoms with E-state index in [1.165, 1.54) is 16.7 Å². The van der Waals surface area contributed by atoms with Crippen LogP contribution in [-0.4, -0.2) is 29.9 Å². The second-order valence-corrected chi connectivity index (χ2v) is 7.34. The van der Waals surface area contributed by atoms with Crippen LogP contribution in [0.3, 0.4) is 0 Å². The SMILES string of the molecule is Cc1cccc(C2(C(=O)N3C[C@@H](N)[C@H](c4ccccc4)C3)CC2)c1. The van der Waals surface area contributed by atoms with Crippen molar-refractivity contribution in [3.63, 3.8) is 0 Å². The molecule has 1 heterocycles. The molecule has 0 radical (unpaired) electrons. The first-order valence-electron chi connectivity index (χ1n) is 8.77. The van der Waals surface area contributed by atoms with E-state index in [-0.39, 0.29) is 23.3 Å². The van der Waals surface area contributed by atoms with E-state index in [4.69, 9.17) is 5.73 Å². The van der Waals surface area contributed by atoms with Gasteiger partial charge in [-0.1, -0.05) is 60.2 Å². The summed E-state index contributed by atoms with van der Waals surface area (Å²) in [5.41, 5.74) is 9.70. The van der Waals surface area contributed by atoms with Crippen LogP contribution in [0.15, 0.2) is 54.6 Å². The summed E-state index contributed by atoms with van der Waals surface area (Å²) in [6.45, 7) is 3.48. The summed E-state index contributed by atoms with van der Waals surface area (Å²) < 4.78 is 0. The first-order valence-corrected chi connectivity index (χ1v) is 8.77. The van der Waals surface area contributed by atoms with Crippen molar-refractivity contribution in [1.29, 1.82) is 0 Å². The second-order valence-electron chi connectivity index (χ2n) is 7.34. The molecule has 1 aliphatic heterocycles. The fraction of sp³-hybridized carbons (Fsp3) is 0.381. The predicted molar refractivity (Wildman–Crippen MR) is 95.8 cm³/mol. The fourth-order valence-corrected chi connectivity index (χ4v) is 4.04. The van der Waals surface area contributed by atoms with Gasteiger partial charge in [0.15, 0.2) is 0 Å². The lowest BCUT2D eigenvalue weighted by Crippen LogP contribution is -2.39. The summed E-state index contributed by atoms with van der Waals surface area (Å²) in [6, 6.07) is 18.8. The highest BCUT2D eigenvalue weighted by Gasteiger charge is 2.54. The normalized spacial score (nSPS) is 24.8. The van der Waals surface area contributed by atoms with Gasteiger partial charge in [0.2, 0.25) is 5.91 Å². The van der Waals surface area contributed by atoms with Crippen LogP contribution < -0.4 is 5.73 Å². The van der Waals surface area contributed by atoms with Crippen LogP contribution in [0.2, 0.25) is 0 Å². The number of carbonyl (C=O) groups excluding carboxylic acids is 1. The Hall–Kier alpha value is -2.13. The molecule has 24 heavy (non-hydrogen) atoms. The van der Waals surface area contributed by atoms with Gasteiger partial charge in [-0.25, -0.2) is 0 Å². The largest absolute Gasteiger partial charge is 0.340 e. The third-order valence-corrected chi connectivity index (χ3v) is 5.61. The van der Waals surface area contributed by atoms with Crippen LogP contribution in [0, 0.1) is 6.92 Å². The van der Waals surface area contributed by atoms with Crippen LogP contribution >= 0.6 is 0 Å². The number of amides is 1. The predicted octanol–water partition coefficient (Wildman–Crippen LogP) is 2.98. The van der Waals surface area contributed by atoms with Crippen LogP contribution in [-0.2, 0) is 10.2 Å². The number of carbonyl (C=O) groups is 1. The van der Waals surface area contributed by atoms with Crippen molar-refractivity contribution < 1.29 is 4.79 Å². The molecular formula is C21H24N2O. The molecule has 1 saturated heterocycles. The van der Waals surface area contributed by atoms with Crippen LogP contribution in [0.1, 0.15) is 35.4 Å². The van der Waals surface area contributed by atoms with E-state index in [0.29, 0.717) is 6.54 Å². The van der Waals surface area contributed by atoms with Gasteiger partial charge in [0.05, 0.1) is 5.41 Å². The molecule has 0 aromatic heterocycles. The number of nitrogens with zero attached hydrogens (tertiary/aromatic N) is 1. The standard InChI is InChI=1S/C21H24N2O/c1-15-6-5-9-17(12-15)21(10-11-21)20(24)23-13-18(19(22)14-23)16-7-3-2-4-8-16/h2-9,12,18-19H,10-11,13-14,22H2,1H3/t18-,19+/m0/s1. The van der Waals surface area contributed by atoms with E-state index < -0.39 is 0 Å². The quantitative estimate of drug-likeness (QED) is 0.945. The topological polar surface area (TPSA) is 46.3 Å². The van der Waals surface area contributed by atoms with Crippen LogP contribution in [0.4, 0.5) is 0 Å². The summed E-state index contributed by atoms with van der Waals surface area (Å²) in [6.07, 6.45) is 1.91. The maximum atomic E-state index is 13.2. The van der Waals surface area contributed by atoms with Gasteiger partial charge in [-0.3, -0.25) is 4.79 Å². The lowest BCUT2D eigenvalue weighted by molar-refractivity contribution is -0.133. The maximum absolute atomic E-state index is 13.2. The summed E-state index contributed by atoms with van der Waals surface area (Å²) in [5.74, 6) is 0.505. The Morgan fingerprint density at radius 3 is 2.50 bits per heavy atom. The summed E-state index contributed by atoms with van der Waals surface area (Å²) in [4.78, 5) is 15.2. The monoisotopic (exact) mass is 320 g/mol. The molecule has 0 spiro atoms. The van der Waals surface area contributed by atoms with Crippen molar-refractivity contribution in [2.75, 3.05) is 13.1 Å². The van der Waals surface area contributed by atoms with Crippen molar-refractivity contribution in [1.82, 2.24) is 4.90 Å². The molecule has 3 heteroatoms. The minimum atomic E-state index is -0.294. The molecule has 2 aromatic carbocycles. The van der Waals surface area contributed by atoms with Gasteiger partial charge in [0, 0.05) is 25.0 Å². The Bertz CT molecular complexity index is 751. The lowest BCUT2D eigenvalue weighted by Gasteiger charge is -2.24. The summed E-state index contributed by atoms with van der Waals surface area (Å²) in [5, 5.41) is 0. The zero-order chi connectivity index (χ0) is 16.7. The molecule has 2 aliphatic rings. The Labute approximate surface area is 143 Å². The molecule has 2 N–H and O–H groups in total. The van der Waals surface area contributed by atoms with Gasteiger partial charge in [-0.05, 0) is 30.9 Å². The van der Waals surface area contributed by atoms with E-state index >= 15 is 0 Å². The first kappa shape index (κ1) is 15.4. The highest BCUT2D eigenvalue weighted by Crippen LogP contribution is 2.50. The average Bonchev–Trinajstić information content (AvgIpc) is 3.32. The zero-order valence-electron chi connectivity index (χ0n) is 14.1. The van der Waals surface area contributed by atoms with E-state index in [2.05, 4.69) is 43.3 Å². The first-order chi connectivity index (χ1) is 11.6. The Morgan fingerprint density at radius 2 is 1.83 bits per heavy atom. The molecular weight excluding hydrogens is 296 g/mol. The van der Waals surface area contributed by atoms with Gasteiger partial charge in [0.1, 0.15) is 0 Å². The molecule has 1 saturated carbocycles. The van der Waals surface area contributed by atoms with E-state index in [9.17, 15) is 4.79 Å². The zero-order valence-corrected chi connectivity index (χ0v) is 14.1. The maximum Gasteiger partial charge on any atom is 0.233 e. The number of benzene rings is 2. The van der Waals surface area contributed by atoms with Gasteiger partial charge < -0.3 is 10.6 Å². The molecule has 4 rings (SSSR count). The Kier molecular flexibility index (Phi) is 3.69. The average molecular weight is 320 g/mol. The Balaban J connectivity index is 1.56. The van der Waals surface area contributed by atoms with Crippen LogP contribution in [0.5, 0.6) is 0 Å². The van der Waals surface area contributed by atoms with Crippen molar-refractivity contribution >= 4 is 5.91 Å². The summed E-state index contributed by atoms with van der Waals surface area (Å²) >= 11 is 0. The van der Waals surface area contributed by atoms with Gasteiger partial charge in [-0.15, -0.1) is 0 Å². The molecule has 2 atom stereocenters. The fourth-order valence-electron chi connectivity index (χ4n) is 4.04. The molecule has 2 fully saturated rings. The van der Waals surface area contributed by atoms with E-state index in [1.54, 1.807) is 0 Å². The number of nitrogens with two attached hydrogens (primary N) is 1. The summed E-state index contributed by atoms with van der Waals surface area (Å²) in [7, 11) is 0. The molecule has 1 amide bonds. The van der Waals surface area contributed by atoms with Crippen molar-refractivity contribution in [3.8, 4) is 0 Å². The molecule has 124 valence electrons. The second kappa shape index (κ2) is 5.75. The van der Waals surface area contributed by atoms with E-state index in [1.807, 2.05) is 23.1 Å². The van der Waals surface area contributed by atoms with Gasteiger partial charge in [0.25, 0.3) is 0 Å². The highest BCUT2D eigenvalue weighted by molar-refractivity contribution is 5.91. The van der Waals surface area contributed by atoms with E-state index in [0.717, 1.165) is 19.4 Å². The van der Waals surface area contributed by atoms with Crippen molar-refractivity contribution in [3.05, 3.63) is 71.3 Å². The van der Waals surface area contributed by atoms with Gasteiger partial charge >= 0.3 is 0 Å². The smallest absolute Gasteiger partial charge is 0.233 e. The molecule has 3 nitrogen and oxygen atoms in total. The van der Waals surface area contributed by atoms with Gasteiger partial charge in [-0.2, -0.15) is 0 Å². The number of aryl methyl sites for hydroxylation is 1. The molecule has 1 aliphatic carbocycles. The molecule has 0 unspecified atom stereocenters. The third kappa shape index (κ3) is 2.53. The minimum absolute atomic E-state index is 0.0182. The third-order valence-electron chi connectivity index (χ3n) is 5.61.